The highest BCUT2D eigenvalue weighted by molar-refractivity contribution is 7.17. The van der Waals surface area contributed by atoms with Gasteiger partial charge in [0, 0.05) is 5.69 Å². The lowest BCUT2D eigenvalue weighted by Gasteiger charge is -2.03. The molecular weight excluding hydrogens is 298 g/mol. The Bertz CT molecular complexity index is 706. The number of carbonyl (C=O) groups excluding carboxylic acids is 1. The summed E-state index contributed by atoms with van der Waals surface area (Å²) in [6.07, 6.45) is 0. The second-order valence-corrected chi connectivity index (χ2v) is 5.26. The molecule has 0 bridgehead atoms. The Kier molecular flexibility index (Phi) is 4.23. The lowest BCUT2D eigenvalue weighted by atomic mass is 10.2. The molecule has 2 aromatic rings. The smallest absolute Gasteiger partial charge is 0.350 e. The van der Waals surface area contributed by atoms with E-state index in [0.717, 1.165) is 0 Å². The van der Waals surface area contributed by atoms with Gasteiger partial charge in [0.1, 0.15) is 10.9 Å². The molecule has 0 spiro atoms. The highest BCUT2D eigenvalue weighted by atomic mass is 35.5. The average Bonchev–Trinajstić information content (AvgIpc) is 2.79. The van der Waals surface area contributed by atoms with E-state index in [2.05, 4.69) is 15.0 Å². The molecule has 0 atom stereocenters. The Labute approximate surface area is 124 Å². The first kappa shape index (κ1) is 14.3. The van der Waals surface area contributed by atoms with Gasteiger partial charge in [0.05, 0.1) is 23.4 Å². The van der Waals surface area contributed by atoms with Gasteiger partial charge in [0.25, 0.3) is 0 Å². The number of aromatic nitrogens is 1. The summed E-state index contributed by atoms with van der Waals surface area (Å²) in [5, 5.41) is 12.8. The second-order valence-electron chi connectivity index (χ2n) is 3.86. The number of halogens is 1. The minimum absolute atomic E-state index is 0.360. The van der Waals surface area contributed by atoms with Crippen LogP contribution in [-0.2, 0) is 4.74 Å². The van der Waals surface area contributed by atoms with E-state index in [1.807, 2.05) is 6.07 Å². The Hall–Kier alpha value is -2.10. The molecule has 0 aliphatic carbocycles. The second kappa shape index (κ2) is 5.90. The number of nitrogens with zero attached hydrogens (tertiary/aromatic N) is 2. The van der Waals surface area contributed by atoms with Crippen molar-refractivity contribution in [2.45, 2.75) is 6.92 Å². The molecule has 1 aromatic heterocycles. The van der Waals surface area contributed by atoms with Crippen LogP contribution in [0.1, 0.15) is 20.9 Å². The van der Waals surface area contributed by atoms with E-state index in [1.54, 1.807) is 25.1 Å². The van der Waals surface area contributed by atoms with Crippen LogP contribution in [0.2, 0.25) is 5.02 Å². The van der Waals surface area contributed by atoms with Crippen LogP contribution in [0.4, 0.5) is 10.8 Å². The molecule has 0 saturated heterocycles. The summed E-state index contributed by atoms with van der Waals surface area (Å²) >= 11 is 7.15. The van der Waals surface area contributed by atoms with Crippen molar-refractivity contribution in [2.24, 2.45) is 0 Å². The summed E-state index contributed by atoms with van der Waals surface area (Å²) in [6.45, 7) is 1.74. The number of hydrogen-bond acceptors (Lipinski definition) is 6. The van der Waals surface area contributed by atoms with E-state index in [4.69, 9.17) is 16.9 Å². The van der Waals surface area contributed by atoms with Gasteiger partial charge >= 0.3 is 5.97 Å². The number of nitrogens with one attached hydrogen (secondary N) is 1. The zero-order valence-corrected chi connectivity index (χ0v) is 12.3. The summed E-state index contributed by atoms with van der Waals surface area (Å²) < 4.78 is 4.68. The van der Waals surface area contributed by atoms with Gasteiger partial charge in [-0.25, -0.2) is 9.78 Å². The summed E-state index contributed by atoms with van der Waals surface area (Å²) in [5.74, 6) is -0.411. The predicted octanol–water partition coefficient (Wildman–Crippen LogP) is 3.51. The molecule has 102 valence electrons. The van der Waals surface area contributed by atoms with Crippen molar-refractivity contribution in [1.29, 1.82) is 5.26 Å². The maximum atomic E-state index is 11.5. The summed E-state index contributed by atoms with van der Waals surface area (Å²) in [6, 6.07) is 6.96. The van der Waals surface area contributed by atoms with Crippen molar-refractivity contribution in [1.82, 2.24) is 4.98 Å². The van der Waals surface area contributed by atoms with Gasteiger partial charge in [-0.05, 0) is 25.1 Å². The van der Waals surface area contributed by atoms with Crippen molar-refractivity contribution in [3.8, 4) is 6.07 Å². The molecule has 0 fully saturated rings. The van der Waals surface area contributed by atoms with Crippen LogP contribution in [0.25, 0.3) is 0 Å². The largest absolute Gasteiger partial charge is 0.465 e. The summed E-state index contributed by atoms with van der Waals surface area (Å²) in [4.78, 5) is 16.2. The number of nitriles is 1. The van der Waals surface area contributed by atoms with Gasteiger partial charge in [0.2, 0.25) is 0 Å². The molecular formula is C13H10ClN3O2S. The van der Waals surface area contributed by atoms with Crippen LogP contribution in [-0.4, -0.2) is 18.1 Å². The van der Waals surface area contributed by atoms with Crippen molar-refractivity contribution in [3.63, 3.8) is 0 Å². The first-order valence-corrected chi connectivity index (χ1v) is 6.77. The fourth-order valence-corrected chi connectivity index (χ4v) is 2.67. The van der Waals surface area contributed by atoms with E-state index in [0.29, 0.717) is 32.0 Å². The molecule has 0 aliphatic heterocycles. The number of benzene rings is 1. The van der Waals surface area contributed by atoms with E-state index >= 15 is 0 Å². The molecule has 5 nitrogen and oxygen atoms in total. The molecule has 1 aromatic carbocycles. The summed E-state index contributed by atoms with van der Waals surface area (Å²) in [5.41, 5.74) is 1.70. The van der Waals surface area contributed by atoms with Crippen LogP contribution < -0.4 is 5.32 Å². The Morgan fingerprint density at radius 3 is 2.90 bits per heavy atom. The third kappa shape index (κ3) is 2.90. The summed E-state index contributed by atoms with van der Waals surface area (Å²) in [7, 11) is 1.33. The standard InChI is InChI=1S/C13H10ClN3O2S/c1-7-11(12(18)19-2)20-13(16-7)17-9-4-3-8(6-15)10(14)5-9/h3-5H,1-2H3,(H,16,17). The topological polar surface area (TPSA) is 75.0 Å². The average molecular weight is 308 g/mol. The molecule has 20 heavy (non-hydrogen) atoms. The monoisotopic (exact) mass is 307 g/mol. The van der Waals surface area contributed by atoms with Crippen molar-refractivity contribution in [2.75, 3.05) is 12.4 Å². The molecule has 0 saturated carbocycles. The molecule has 2 rings (SSSR count). The van der Waals surface area contributed by atoms with E-state index < -0.39 is 5.97 Å². The number of esters is 1. The molecule has 0 radical (unpaired) electrons. The Morgan fingerprint density at radius 1 is 1.55 bits per heavy atom. The van der Waals surface area contributed by atoms with Crippen molar-refractivity contribution >= 4 is 39.7 Å². The van der Waals surface area contributed by atoms with Crippen LogP contribution in [0.3, 0.4) is 0 Å². The molecule has 0 amide bonds. The predicted molar refractivity (Wildman–Crippen MR) is 77.6 cm³/mol. The van der Waals surface area contributed by atoms with Gasteiger partial charge in [-0.3, -0.25) is 0 Å². The maximum Gasteiger partial charge on any atom is 0.350 e. The Morgan fingerprint density at radius 2 is 2.30 bits per heavy atom. The van der Waals surface area contributed by atoms with Gasteiger partial charge < -0.3 is 10.1 Å². The lowest BCUT2D eigenvalue weighted by molar-refractivity contribution is 0.0605. The number of anilines is 2. The maximum absolute atomic E-state index is 11.5. The third-order valence-corrected chi connectivity index (χ3v) is 3.87. The number of ether oxygens (including phenoxy) is 1. The Balaban J connectivity index is 2.25. The first-order chi connectivity index (χ1) is 9.55. The van der Waals surface area contributed by atoms with Crippen LogP contribution in [0, 0.1) is 18.3 Å². The zero-order chi connectivity index (χ0) is 14.7. The quantitative estimate of drug-likeness (QED) is 0.878. The zero-order valence-electron chi connectivity index (χ0n) is 10.7. The number of hydrogen-bond donors (Lipinski definition) is 1. The number of thiazole rings is 1. The van der Waals surface area contributed by atoms with Gasteiger partial charge in [0.15, 0.2) is 5.13 Å². The van der Waals surface area contributed by atoms with E-state index in [-0.39, 0.29) is 0 Å². The van der Waals surface area contributed by atoms with Crippen LogP contribution in [0.15, 0.2) is 18.2 Å². The molecule has 1 heterocycles. The number of methoxy groups -OCH3 is 1. The fourth-order valence-electron chi connectivity index (χ4n) is 1.54. The van der Waals surface area contributed by atoms with E-state index in [9.17, 15) is 4.79 Å². The lowest BCUT2D eigenvalue weighted by Crippen LogP contribution is -1.99. The number of rotatable bonds is 3. The SMILES string of the molecule is COC(=O)c1sc(Nc2ccc(C#N)c(Cl)c2)nc1C. The minimum atomic E-state index is -0.411. The van der Waals surface area contributed by atoms with Gasteiger partial charge in [-0.15, -0.1) is 0 Å². The van der Waals surface area contributed by atoms with Gasteiger partial charge in [-0.1, -0.05) is 22.9 Å². The molecule has 7 heteroatoms. The van der Waals surface area contributed by atoms with Crippen LogP contribution >= 0.6 is 22.9 Å². The van der Waals surface area contributed by atoms with Crippen molar-refractivity contribution in [3.05, 3.63) is 39.4 Å². The molecule has 0 unspecified atom stereocenters. The fraction of sp³-hybridized carbons (Fsp3) is 0.154. The number of carbonyl (C=O) groups is 1. The highest BCUT2D eigenvalue weighted by Gasteiger charge is 2.15. The molecule has 0 aliphatic rings. The third-order valence-electron chi connectivity index (χ3n) is 2.51. The first-order valence-electron chi connectivity index (χ1n) is 5.57. The van der Waals surface area contributed by atoms with Crippen molar-refractivity contribution < 1.29 is 9.53 Å². The number of aryl methyl sites for hydroxylation is 1. The van der Waals surface area contributed by atoms with E-state index in [1.165, 1.54) is 18.4 Å². The molecule has 1 N–H and O–H groups in total. The van der Waals surface area contributed by atoms with Gasteiger partial charge in [-0.2, -0.15) is 5.26 Å². The minimum Gasteiger partial charge on any atom is -0.465 e. The van der Waals surface area contributed by atoms with Crippen LogP contribution in [0.5, 0.6) is 0 Å². The normalized spacial score (nSPS) is 9.90. The highest BCUT2D eigenvalue weighted by Crippen LogP contribution is 2.28.